The number of hydrogen-bond acceptors (Lipinski definition) is 3. The van der Waals surface area contributed by atoms with Crippen molar-refractivity contribution in [1.82, 2.24) is 24.6 Å². The molecule has 4 rings (SSSR count). The number of hydrogen-bond donors (Lipinski definition) is 1. The smallest absolute Gasteiger partial charge is 0.246 e. The summed E-state index contributed by atoms with van der Waals surface area (Å²) < 4.78 is 3.99. The Hall–Kier alpha value is -3.29. The zero-order valence-corrected chi connectivity index (χ0v) is 17.7. The highest BCUT2D eigenvalue weighted by molar-refractivity contribution is 5.98. The number of guanidine groups is 1. The average Bonchev–Trinajstić information content (AvgIpc) is 3.36. The number of aliphatic imine (C=N–C) groups is 1. The van der Waals surface area contributed by atoms with Crippen LogP contribution in [-0.4, -0.2) is 63.8 Å². The average molecular weight is 408 g/mol. The van der Waals surface area contributed by atoms with E-state index in [4.69, 9.17) is 4.99 Å². The monoisotopic (exact) mass is 407 g/mol. The van der Waals surface area contributed by atoms with E-state index < -0.39 is 0 Å². The van der Waals surface area contributed by atoms with Gasteiger partial charge in [-0.15, -0.1) is 0 Å². The van der Waals surface area contributed by atoms with Crippen LogP contribution < -0.4 is 10.2 Å². The van der Waals surface area contributed by atoms with E-state index in [9.17, 15) is 4.79 Å². The maximum absolute atomic E-state index is 12.7. The molecule has 0 saturated carbocycles. The number of fused-ring (bicyclic) bond motifs is 1. The first-order valence-electron chi connectivity index (χ1n) is 10.5. The molecule has 3 aromatic rings. The molecule has 1 N–H and O–H groups in total. The van der Waals surface area contributed by atoms with Gasteiger partial charge in [-0.05, 0) is 30.9 Å². The van der Waals surface area contributed by atoms with Crippen LogP contribution in [0.3, 0.4) is 0 Å². The molecule has 0 unspecified atom stereocenters. The second-order valence-electron chi connectivity index (χ2n) is 7.50. The van der Waals surface area contributed by atoms with Gasteiger partial charge >= 0.3 is 0 Å². The fourth-order valence-electron chi connectivity index (χ4n) is 3.86. The number of carbonyl (C=O) groups is 1. The van der Waals surface area contributed by atoms with Crippen molar-refractivity contribution in [3.8, 4) is 0 Å². The summed E-state index contributed by atoms with van der Waals surface area (Å²) >= 11 is 0. The lowest BCUT2D eigenvalue weighted by molar-refractivity contribution is -0.120. The standard InChI is InChI=1S/C22H29N7O/c1-3-23-22(24-10-6-11-27-12-9-18-7-4-5-8-20(18)27)28-13-14-29(21(30)17-28)19-15-25-26(2)16-19/h4-5,7-9,12,15-16H,3,6,10-11,13-14,17H2,1-2H3,(H,23,24). The van der Waals surface area contributed by atoms with Crippen molar-refractivity contribution in [2.75, 3.05) is 37.6 Å². The molecule has 0 aliphatic carbocycles. The summed E-state index contributed by atoms with van der Waals surface area (Å²) in [6.45, 7) is 6.16. The number of nitrogens with zero attached hydrogens (tertiary/aromatic N) is 6. The third kappa shape index (κ3) is 4.32. The van der Waals surface area contributed by atoms with Gasteiger partial charge in [-0.2, -0.15) is 5.10 Å². The summed E-state index contributed by atoms with van der Waals surface area (Å²) in [6.07, 6.45) is 6.68. The van der Waals surface area contributed by atoms with Crippen molar-refractivity contribution in [3.05, 3.63) is 48.9 Å². The molecule has 0 radical (unpaired) electrons. The molecule has 1 aliphatic rings. The Balaban J connectivity index is 1.35. The van der Waals surface area contributed by atoms with Gasteiger partial charge in [0, 0.05) is 57.7 Å². The second-order valence-corrected chi connectivity index (χ2v) is 7.50. The van der Waals surface area contributed by atoms with Crippen molar-refractivity contribution < 1.29 is 4.79 Å². The van der Waals surface area contributed by atoms with Gasteiger partial charge in [0.1, 0.15) is 6.54 Å². The SMILES string of the molecule is CCNC(=NCCCn1ccc2ccccc21)N1CCN(c2cnn(C)c2)C(=O)C1. The summed E-state index contributed by atoms with van der Waals surface area (Å²) in [7, 11) is 1.86. The topological polar surface area (TPSA) is 70.7 Å². The minimum Gasteiger partial charge on any atom is -0.357 e. The highest BCUT2D eigenvalue weighted by Crippen LogP contribution is 2.17. The molecular weight excluding hydrogens is 378 g/mol. The number of anilines is 1. The Morgan fingerprint density at radius 1 is 1.23 bits per heavy atom. The van der Waals surface area contributed by atoms with Gasteiger partial charge in [-0.1, -0.05) is 18.2 Å². The fourth-order valence-corrected chi connectivity index (χ4v) is 3.86. The molecule has 3 heterocycles. The maximum Gasteiger partial charge on any atom is 0.246 e. The molecule has 8 nitrogen and oxygen atoms in total. The maximum atomic E-state index is 12.7. The summed E-state index contributed by atoms with van der Waals surface area (Å²) in [5.41, 5.74) is 2.11. The number of para-hydroxylation sites is 1. The highest BCUT2D eigenvalue weighted by atomic mass is 16.2. The number of nitrogens with one attached hydrogen (secondary N) is 1. The number of carbonyl (C=O) groups excluding carboxylic acids is 1. The molecule has 1 aliphatic heterocycles. The summed E-state index contributed by atoms with van der Waals surface area (Å²) in [6, 6.07) is 10.6. The first-order chi connectivity index (χ1) is 14.7. The van der Waals surface area contributed by atoms with Gasteiger partial charge in [0.05, 0.1) is 11.9 Å². The van der Waals surface area contributed by atoms with Crippen molar-refractivity contribution >= 4 is 28.5 Å². The van der Waals surface area contributed by atoms with Crippen LogP contribution in [0.1, 0.15) is 13.3 Å². The van der Waals surface area contributed by atoms with Crippen LogP contribution in [-0.2, 0) is 18.4 Å². The van der Waals surface area contributed by atoms with Crippen LogP contribution in [0.2, 0.25) is 0 Å². The molecule has 0 bridgehead atoms. The van der Waals surface area contributed by atoms with E-state index >= 15 is 0 Å². The molecule has 30 heavy (non-hydrogen) atoms. The molecule has 1 fully saturated rings. The lowest BCUT2D eigenvalue weighted by Crippen LogP contribution is -2.55. The lowest BCUT2D eigenvalue weighted by atomic mass is 10.2. The largest absolute Gasteiger partial charge is 0.357 e. The van der Waals surface area contributed by atoms with E-state index in [0.29, 0.717) is 19.6 Å². The lowest BCUT2D eigenvalue weighted by Gasteiger charge is -2.35. The van der Waals surface area contributed by atoms with Crippen LogP contribution >= 0.6 is 0 Å². The Bertz CT molecular complexity index is 1030. The van der Waals surface area contributed by atoms with Crippen LogP contribution in [0.4, 0.5) is 5.69 Å². The van der Waals surface area contributed by atoms with Crippen LogP contribution in [0.25, 0.3) is 10.9 Å². The van der Waals surface area contributed by atoms with E-state index in [2.05, 4.69) is 58.4 Å². The van der Waals surface area contributed by atoms with Crippen molar-refractivity contribution in [2.45, 2.75) is 19.9 Å². The third-order valence-electron chi connectivity index (χ3n) is 5.36. The number of rotatable bonds is 6. The number of aryl methyl sites for hydroxylation is 2. The molecule has 2 aromatic heterocycles. The van der Waals surface area contributed by atoms with Gasteiger partial charge in [0.25, 0.3) is 0 Å². The van der Waals surface area contributed by atoms with Crippen LogP contribution in [0.15, 0.2) is 53.9 Å². The number of benzene rings is 1. The van der Waals surface area contributed by atoms with Gasteiger partial charge in [0.2, 0.25) is 5.91 Å². The van der Waals surface area contributed by atoms with Crippen molar-refractivity contribution in [1.29, 1.82) is 0 Å². The normalized spacial score (nSPS) is 15.3. The fraction of sp³-hybridized carbons (Fsp3) is 0.409. The van der Waals surface area contributed by atoms with E-state index in [1.165, 1.54) is 10.9 Å². The van der Waals surface area contributed by atoms with E-state index in [0.717, 1.165) is 37.7 Å². The summed E-state index contributed by atoms with van der Waals surface area (Å²) in [4.78, 5) is 21.3. The quantitative estimate of drug-likeness (QED) is 0.386. The van der Waals surface area contributed by atoms with Gasteiger partial charge < -0.3 is 19.7 Å². The van der Waals surface area contributed by atoms with E-state index in [1.54, 1.807) is 15.8 Å². The Morgan fingerprint density at radius 3 is 2.87 bits per heavy atom. The molecular formula is C22H29N7O. The Morgan fingerprint density at radius 2 is 2.10 bits per heavy atom. The van der Waals surface area contributed by atoms with E-state index in [1.807, 2.05) is 18.1 Å². The predicted molar refractivity (Wildman–Crippen MR) is 120 cm³/mol. The minimum absolute atomic E-state index is 0.0682. The summed E-state index contributed by atoms with van der Waals surface area (Å²) in [5.74, 6) is 0.882. The van der Waals surface area contributed by atoms with Crippen molar-refractivity contribution in [2.24, 2.45) is 12.0 Å². The molecule has 158 valence electrons. The molecule has 1 aromatic carbocycles. The van der Waals surface area contributed by atoms with Gasteiger partial charge in [-0.3, -0.25) is 14.5 Å². The van der Waals surface area contributed by atoms with E-state index in [-0.39, 0.29) is 5.91 Å². The number of aromatic nitrogens is 3. The number of amides is 1. The minimum atomic E-state index is 0.0682. The van der Waals surface area contributed by atoms with Crippen LogP contribution in [0.5, 0.6) is 0 Å². The molecule has 0 spiro atoms. The van der Waals surface area contributed by atoms with Gasteiger partial charge in [-0.25, -0.2) is 0 Å². The Labute approximate surface area is 176 Å². The first kappa shape index (κ1) is 20.0. The molecule has 8 heteroatoms. The molecule has 1 amide bonds. The second kappa shape index (κ2) is 9.02. The third-order valence-corrected chi connectivity index (χ3v) is 5.36. The van der Waals surface area contributed by atoms with Crippen molar-refractivity contribution in [3.63, 3.8) is 0 Å². The van der Waals surface area contributed by atoms with Crippen LogP contribution in [0, 0.1) is 0 Å². The van der Waals surface area contributed by atoms with Gasteiger partial charge in [0.15, 0.2) is 5.96 Å². The zero-order chi connectivity index (χ0) is 20.9. The number of piperazine rings is 1. The highest BCUT2D eigenvalue weighted by Gasteiger charge is 2.27. The molecule has 1 saturated heterocycles. The Kier molecular flexibility index (Phi) is 6.02. The predicted octanol–water partition coefficient (Wildman–Crippen LogP) is 2.08. The molecule has 0 atom stereocenters. The summed E-state index contributed by atoms with van der Waals surface area (Å²) in [5, 5.41) is 8.77. The zero-order valence-electron chi connectivity index (χ0n) is 17.7. The first-order valence-corrected chi connectivity index (χ1v) is 10.5.